The summed E-state index contributed by atoms with van der Waals surface area (Å²) in [6, 6.07) is 7.03. The fraction of sp³-hybridized carbons (Fsp3) is 0.667. The summed E-state index contributed by atoms with van der Waals surface area (Å²) in [5.41, 5.74) is 17.2. The molecule has 6 heteroatoms. The number of carbonyl (C=O) groups excluding carboxylic acids is 1. The molecule has 1 aromatic carbocycles. The van der Waals surface area contributed by atoms with E-state index in [0.717, 1.165) is 63.4 Å². The van der Waals surface area contributed by atoms with E-state index >= 15 is 0 Å². The van der Waals surface area contributed by atoms with Gasteiger partial charge in [-0.25, -0.2) is 9.59 Å². The van der Waals surface area contributed by atoms with Gasteiger partial charge in [-0.05, 0) is 134 Å². The number of hydrogen-bond donors (Lipinski definition) is 4. The number of rotatable bonds is 4. The molecule has 4 saturated carbocycles. The van der Waals surface area contributed by atoms with E-state index in [4.69, 9.17) is 11.5 Å². The monoisotopic (exact) mass is 573 g/mol. The second-order valence-electron chi connectivity index (χ2n) is 15.9. The first-order valence-corrected chi connectivity index (χ1v) is 16.2. The molecule has 5 aliphatic carbocycles. The molecular formula is C36H51N3O3. The molecule has 9 atom stereocenters. The lowest BCUT2D eigenvalue weighted by atomic mass is 9.34. The van der Waals surface area contributed by atoms with Crippen molar-refractivity contribution in [1.82, 2.24) is 5.32 Å². The number of urea groups is 1. The maximum Gasteiger partial charge on any atom is 0.335 e. The molecule has 5 aliphatic rings. The SMILES string of the molecule is C=C(C)[C@@H]1CC[C@]2(NC(N)=O)CC[C@]3(N)[C@H](CC[C@@H]4[C@@]5(C)CC=C(c6ccc(C(=O)O)cc6)C(C)(C)[C@@H]5CC[C@]43C)[C@@H]12. The van der Waals surface area contributed by atoms with Crippen molar-refractivity contribution >= 4 is 17.6 Å². The van der Waals surface area contributed by atoms with Crippen LogP contribution in [0.25, 0.3) is 5.57 Å². The summed E-state index contributed by atoms with van der Waals surface area (Å²) in [7, 11) is 0. The first kappa shape index (κ1) is 29.5. The van der Waals surface area contributed by atoms with E-state index in [1.54, 1.807) is 12.1 Å². The number of fused-ring (bicyclic) bond motifs is 7. The predicted octanol–water partition coefficient (Wildman–Crippen LogP) is 7.15. The Bertz CT molecular complexity index is 1350. The Labute approximate surface area is 251 Å². The largest absolute Gasteiger partial charge is 0.478 e. The van der Waals surface area contributed by atoms with E-state index in [2.05, 4.69) is 52.6 Å². The molecule has 2 amide bonds. The summed E-state index contributed by atoms with van der Waals surface area (Å²) >= 11 is 0. The maximum atomic E-state index is 12.3. The van der Waals surface area contributed by atoms with Gasteiger partial charge in [0.15, 0.2) is 0 Å². The molecule has 6 rings (SSSR count). The fourth-order valence-electron chi connectivity index (χ4n) is 12.2. The zero-order chi connectivity index (χ0) is 30.5. The smallest absolute Gasteiger partial charge is 0.335 e. The Morgan fingerprint density at radius 1 is 0.952 bits per heavy atom. The van der Waals surface area contributed by atoms with Gasteiger partial charge in [0, 0.05) is 11.1 Å². The third kappa shape index (κ3) is 3.85. The number of amides is 2. The average Bonchev–Trinajstić information content (AvgIpc) is 3.28. The van der Waals surface area contributed by atoms with Crippen LogP contribution in [0.3, 0.4) is 0 Å². The van der Waals surface area contributed by atoms with Crippen LogP contribution in [0, 0.1) is 45.8 Å². The van der Waals surface area contributed by atoms with Crippen molar-refractivity contribution in [2.75, 3.05) is 0 Å². The van der Waals surface area contributed by atoms with E-state index in [1.807, 2.05) is 12.1 Å². The van der Waals surface area contributed by atoms with Crippen molar-refractivity contribution in [2.45, 2.75) is 103 Å². The molecule has 0 spiro atoms. The average molecular weight is 574 g/mol. The van der Waals surface area contributed by atoms with Crippen LogP contribution in [0.4, 0.5) is 4.79 Å². The van der Waals surface area contributed by atoms with Crippen LogP contribution in [0.1, 0.15) is 108 Å². The van der Waals surface area contributed by atoms with Crippen molar-refractivity contribution in [3.05, 3.63) is 53.6 Å². The van der Waals surface area contributed by atoms with Crippen molar-refractivity contribution in [3.63, 3.8) is 0 Å². The topological polar surface area (TPSA) is 118 Å². The Hall–Kier alpha value is -2.60. The van der Waals surface area contributed by atoms with Crippen molar-refractivity contribution in [1.29, 1.82) is 0 Å². The molecule has 42 heavy (non-hydrogen) atoms. The van der Waals surface area contributed by atoms with Gasteiger partial charge in [0.25, 0.3) is 0 Å². The predicted molar refractivity (Wildman–Crippen MR) is 168 cm³/mol. The summed E-state index contributed by atoms with van der Waals surface area (Å²) in [5, 5.41) is 12.7. The van der Waals surface area contributed by atoms with Crippen molar-refractivity contribution in [2.24, 2.45) is 57.3 Å². The second kappa shape index (κ2) is 9.45. The van der Waals surface area contributed by atoms with Crippen LogP contribution in [-0.2, 0) is 0 Å². The quantitative estimate of drug-likeness (QED) is 0.286. The van der Waals surface area contributed by atoms with Crippen LogP contribution >= 0.6 is 0 Å². The van der Waals surface area contributed by atoms with Crippen LogP contribution in [-0.4, -0.2) is 28.2 Å². The molecule has 6 nitrogen and oxygen atoms in total. The summed E-state index contributed by atoms with van der Waals surface area (Å²) in [4.78, 5) is 23.7. The fourth-order valence-corrected chi connectivity index (χ4v) is 12.2. The third-order valence-corrected chi connectivity index (χ3v) is 14.0. The molecule has 1 aromatic rings. The van der Waals surface area contributed by atoms with E-state index in [0.29, 0.717) is 29.2 Å². The van der Waals surface area contributed by atoms with Crippen LogP contribution < -0.4 is 16.8 Å². The van der Waals surface area contributed by atoms with Crippen LogP contribution in [0.15, 0.2) is 42.5 Å². The number of allylic oxidation sites excluding steroid dienone is 3. The minimum atomic E-state index is -0.888. The number of aromatic carboxylic acids is 1. The minimum Gasteiger partial charge on any atom is -0.478 e. The summed E-state index contributed by atoms with van der Waals surface area (Å²) in [6.07, 6.45) is 11.8. The molecule has 0 aliphatic heterocycles. The molecule has 0 heterocycles. The lowest BCUT2D eigenvalue weighted by molar-refractivity contribution is -0.185. The van der Waals surface area contributed by atoms with Gasteiger partial charge >= 0.3 is 12.0 Å². The number of primary amides is 1. The highest BCUT2D eigenvalue weighted by Crippen LogP contribution is 2.73. The normalized spacial score (nSPS) is 43.6. The van der Waals surface area contributed by atoms with E-state index in [-0.39, 0.29) is 33.2 Å². The van der Waals surface area contributed by atoms with Crippen molar-refractivity contribution < 1.29 is 14.7 Å². The number of nitrogens with two attached hydrogens (primary N) is 2. The second-order valence-corrected chi connectivity index (χ2v) is 15.9. The Balaban J connectivity index is 1.36. The van der Waals surface area contributed by atoms with Crippen LogP contribution in [0.2, 0.25) is 0 Å². The van der Waals surface area contributed by atoms with Crippen molar-refractivity contribution in [3.8, 4) is 0 Å². The Morgan fingerprint density at radius 3 is 2.26 bits per heavy atom. The Morgan fingerprint density at radius 2 is 1.64 bits per heavy atom. The molecule has 0 radical (unpaired) electrons. The summed E-state index contributed by atoms with van der Waals surface area (Å²) in [5.74, 6) is 1.12. The molecule has 0 bridgehead atoms. The number of carboxylic acid groups (broad SMARTS) is 1. The Kier molecular flexibility index (Phi) is 6.63. The standard InChI is InChI=1S/C36H51N3O3/c1-21(2)24-13-18-35(39-31(37)42)19-20-36(38)26(29(24)35)11-12-28-33(5)16-14-25(22-7-9-23(10-8-22)30(40)41)32(3,4)27(33)15-17-34(28,36)6/h7-10,14,24,26-29H,1,11-13,15-20,38H2,2-6H3,(H,40,41)(H3,37,39,42)/t24-,26+,27-,28+,29+,33-,34+,35-,36-/m0/s1. The first-order valence-electron chi connectivity index (χ1n) is 16.2. The van der Waals surface area contributed by atoms with Gasteiger partial charge in [0.2, 0.25) is 0 Å². The summed E-state index contributed by atoms with van der Waals surface area (Å²) in [6.45, 7) is 16.4. The highest BCUT2D eigenvalue weighted by Gasteiger charge is 2.71. The van der Waals surface area contributed by atoms with Gasteiger partial charge in [0.1, 0.15) is 0 Å². The minimum absolute atomic E-state index is 0.00677. The zero-order valence-electron chi connectivity index (χ0n) is 26.3. The first-order chi connectivity index (χ1) is 19.6. The van der Waals surface area contributed by atoms with Crippen LogP contribution in [0.5, 0.6) is 0 Å². The lowest BCUT2D eigenvalue weighted by Gasteiger charge is -2.72. The highest BCUT2D eigenvalue weighted by molar-refractivity contribution is 5.88. The number of carboxylic acids is 1. The van der Waals surface area contributed by atoms with E-state index in [9.17, 15) is 14.7 Å². The van der Waals surface area contributed by atoms with Gasteiger partial charge in [-0.1, -0.05) is 58.1 Å². The van der Waals surface area contributed by atoms with Gasteiger partial charge in [0.05, 0.1) is 5.56 Å². The molecule has 0 saturated heterocycles. The number of nitrogens with one attached hydrogen (secondary N) is 1. The highest BCUT2D eigenvalue weighted by atomic mass is 16.4. The number of benzene rings is 1. The number of carbonyl (C=O) groups is 2. The van der Waals surface area contributed by atoms with E-state index in [1.165, 1.54) is 11.1 Å². The third-order valence-electron chi connectivity index (χ3n) is 14.0. The van der Waals surface area contributed by atoms with E-state index < -0.39 is 12.0 Å². The molecule has 0 unspecified atom stereocenters. The molecule has 228 valence electrons. The molecule has 6 N–H and O–H groups in total. The number of hydrogen-bond acceptors (Lipinski definition) is 3. The lowest BCUT2D eigenvalue weighted by Crippen LogP contribution is -2.75. The van der Waals surface area contributed by atoms with Gasteiger partial charge in [-0.2, -0.15) is 0 Å². The van der Waals surface area contributed by atoms with Gasteiger partial charge in [-0.3, -0.25) is 0 Å². The van der Waals surface area contributed by atoms with Gasteiger partial charge < -0.3 is 21.9 Å². The molecular weight excluding hydrogens is 522 g/mol. The summed E-state index contributed by atoms with van der Waals surface area (Å²) < 4.78 is 0. The maximum absolute atomic E-state index is 12.3. The molecule has 4 fully saturated rings. The zero-order valence-corrected chi connectivity index (χ0v) is 26.3. The van der Waals surface area contributed by atoms with Gasteiger partial charge in [-0.15, -0.1) is 0 Å². The molecule has 0 aromatic heterocycles.